The van der Waals surface area contributed by atoms with E-state index >= 15 is 0 Å². The van der Waals surface area contributed by atoms with Gasteiger partial charge in [-0.05, 0) is 49.7 Å². The average molecular weight is 394 g/mol. The lowest BCUT2D eigenvalue weighted by Gasteiger charge is -2.15. The Morgan fingerprint density at radius 1 is 1.07 bits per heavy atom. The van der Waals surface area contributed by atoms with Gasteiger partial charge in [0.2, 0.25) is 0 Å². The minimum atomic E-state index is -4.57. The Balaban J connectivity index is 2.27. The number of benzene rings is 2. The lowest BCUT2D eigenvalue weighted by atomic mass is 10.1. The van der Waals surface area contributed by atoms with Gasteiger partial charge in [-0.2, -0.15) is 13.2 Å². The maximum Gasteiger partial charge on any atom is 0.416 e. The Morgan fingerprint density at radius 3 is 2.36 bits per heavy atom. The summed E-state index contributed by atoms with van der Waals surface area (Å²) in [4.78, 5) is 24.5. The van der Waals surface area contributed by atoms with Gasteiger partial charge in [-0.25, -0.2) is 4.79 Å². The molecule has 0 radical (unpaired) electrons. The molecule has 0 unspecified atom stereocenters. The normalized spacial score (nSPS) is 11.2. The summed E-state index contributed by atoms with van der Waals surface area (Å²) >= 11 is 0. The number of rotatable bonds is 5. The summed E-state index contributed by atoms with van der Waals surface area (Å²) in [7, 11) is 0. The van der Waals surface area contributed by atoms with E-state index in [1.165, 1.54) is 18.2 Å². The van der Waals surface area contributed by atoms with Gasteiger partial charge in [0.1, 0.15) is 0 Å². The Hall–Kier alpha value is -3.07. The molecule has 150 valence electrons. The van der Waals surface area contributed by atoms with Crippen molar-refractivity contribution in [1.29, 1.82) is 0 Å². The third-order valence-electron chi connectivity index (χ3n) is 3.65. The highest BCUT2D eigenvalue weighted by molar-refractivity contribution is 6.10. The fourth-order valence-electron chi connectivity index (χ4n) is 2.45. The Morgan fingerprint density at radius 2 is 1.75 bits per heavy atom. The summed E-state index contributed by atoms with van der Waals surface area (Å²) in [6.45, 7) is 3.45. The van der Waals surface area contributed by atoms with E-state index in [0.29, 0.717) is 0 Å². The zero-order valence-electron chi connectivity index (χ0n) is 15.4. The largest absolute Gasteiger partial charge is 0.416 e. The van der Waals surface area contributed by atoms with Gasteiger partial charge in [0, 0.05) is 18.3 Å². The maximum absolute atomic E-state index is 13.0. The van der Waals surface area contributed by atoms with Gasteiger partial charge < -0.3 is 21.7 Å². The van der Waals surface area contributed by atoms with E-state index in [0.717, 1.165) is 12.1 Å². The first-order valence-electron chi connectivity index (χ1n) is 8.49. The fourth-order valence-corrected chi connectivity index (χ4v) is 2.45. The van der Waals surface area contributed by atoms with Crippen LogP contribution in [0.4, 0.5) is 29.3 Å². The molecule has 0 spiro atoms. The standard InChI is InChI=1S/C19H21F3N4O2/c1-11(2)24-18(28)26-16-6-4-3-5-15(16)17(27)25-14-8-12(10-23)7-13(9-14)19(20,21)22/h3-9,11H,10,23H2,1-2H3,(H,25,27)(H2,24,26,28). The molecule has 0 fully saturated rings. The minimum absolute atomic E-state index is 0.0401. The maximum atomic E-state index is 13.0. The molecule has 0 aliphatic heterocycles. The number of alkyl halides is 3. The molecule has 9 heteroatoms. The molecule has 0 bridgehead atoms. The number of hydrogen-bond acceptors (Lipinski definition) is 3. The zero-order valence-corrected chi connectivity index (χ0v) is 15.4. The molecule has 0 heterocycles. The smallest absolute Gasteiger partial charge is 0.336 e. The number of para-hydroxylation sites is 1. The summed E-state index contributed by atoms with van der Waals surface area (Å²) in [5, 5.41) is 7.62. The second kappa shape index (κ2) is 8.75. The van der Waals surface area contributed by atoms with E-state index in [-0.39, 0.29) is 35.1 Å². The quantitative estimate of drug-likeness (QED) is 0.618. The van der Waals surface area contributed by atoms with Crippen LogP contribution in [0.25, 0.3) is 0 Å². The van der Waals surface area contributed by atoms with Crippen molar-refractivity contribution in [3.05, 3.63) is 59.2 Å². The highest BCUT2D eigenvalue weighted by Gasteiger charge is 2.31. The van der Waals surface area contributed by atoms with E-state index in [1.54, 1.807) is 26.0 Å². The van der Waals surface area contributed by atoms with Crippen LogP contribution in [-0.2, 0) is 12.7 Å². The highest BCUT2D eigenvalue weighted by atomic mass is 19.4. The van der Waals surface area contributed by atoms with Crippen molar-refractivity contribution in [2.24, 2.45) is 5.73 Å². The van der Waals surface area contributed by atoms with Crippen LogP contribution in [0, 0.1) is 0 Å². The Bertz CT molecular complexity index is 866. The first-order valence-corrected chi connectivity index (χ1v) is 8.49. The molecule has 0 aliphatic rings. The van der Waals surface area contributed by atoms with Crippen LogP contribution in [0.5, 0.6) is 0 Å². The van der Waals surface area contributed by atoms with Crippen LogP contribution in [0.3, 0.4) is 0 Å². The molecule has 3 amide bonds. The number of hydrogen-bond donors (Lipinski definition) is 4. The van der Waals surface area contributed by atoms with Crippen LogP contribution in [-0.4, -0.2) is 18.0 Å². The van der Waals surface area contributed by atoms with Crippen molar-refractivity contribution in [1.82, 2.24) is 5.32 Å². The third kappa shape index (κ3) is 5.71. The molecule has 0 saturated carbocycles. The summed E-state index contributed by atoms with van der Waals surface area (Å²) in [6, 6.07) is 8.70. The van der Waals surface area contributed by atoms with E-state index < -0.39 is 23.7 Å². The molecule has 2 aromatic rings. The molecule has 2 aromatic carbocycles. The molecular formula is C19H21F3N4O2. The van der Waals surface area contributed by atoms with Crippen molar-refractivity contribution in [3.8, 4) is 0 Å². The van der Waals surface area contributed by atoms with Crippen molar-refractivity contribution in [2.75, 3.05) is 10.6 Å². The number of anilines is 2. The van der Waals surface area contributed by atoms with Gasteiger partial charge in [0.05, 0.1) is 16.8 Å². The van der Waals surface area contributed by atoms with Gasteiger partial charge in [0.15, 0.2) is 0 Å². The van der Waals surface area contributed by atoms with Crippen LogP contribution in [0.1, 0.15) is 35.3 Å². The number of halogens is 3. The minimum Gasteiger partial charge on any atom is -0.336 e. The van der Waals surface area contributed by atoms with Gasteiger partial charge in [-0.1, -0.05) is 12.1 Å². The predicted octanol–water partition coefficient (Wildman–Crippen LogP) is 3.95. The van der Waals surface area contributed by atoms with E-state index in [1.807, 2.05) is 0 Å². The predicted molar refractivity (Wildman–Crippen MR) is 101 cm³/mol. The fraction of sp³-hybridized carbons (Fsp3) is 0.263. The van der Waals surface area contributed by atoms with Crippen molar-refractivity contribution in [2.45, 2.75) is 32.6 Å². The number of carbonyl (C=O) groups excluding carboxylic acids is 2. The highest BCUT2D eigenvalue weighted by Crippen LogP contribution is 2.32. The van der Waals surface area contributed by atoms with Gasteiger partial charge in [-0.3, -0.25) is 4.79 Å². The van der Waals surface area contributed by atoms with Crippen LogP contribution < -0.4 is 21.7 Å². The first-order chi connectivity index (χ1) is 13.1. The number of carbonyl (C=O) groups is 2. The van der Waals surface area contributed by atoms with Crippen molar-refractivity contribution in [3.63, 3.8) is 0 Å². The molecule has 0 aromatic heterocycles. The lowest BCUT2D eigenvalue weighted by Crippen LogP contribution is -2.34. The number of nitrogens with two attached hydrogens (primary N) is 1. The molecule has 0 saturated heterocycles. The molecule has 2 rings (SSSR count). The molecule has 0 atom stereocenters. The second-order valence-corrected chi connectivity index (χ2v) is 6.37. The van der Waals surface area contributed by atoms with E-state index in [2.05, 4.69) is 16.0 Å². The van der Waals surface area contributed by atoms with Gasteiger partial charge in [0.25, 0.3) is 5.91 Å². The summed E-state index contributed by atoms with van der Waals surface area (Å²) in [5.74, 6) is -0.664. The van der Waals surface area contributed by atoms with E-state index in [4.69, 9.17) is 5.73 Å². The Labute approximate surface area is 160 Å². The van der Waals surface area contributed by atoms with Crippen molar-refractivity contribution >= 4 is 23.3 Å². The summed E-state index contributed by atoms with van der Waals surface area (Å²) in [5.41, 5.74) is 5.07. The molecule has 5 N–H and O–H groups in total. The van der Waals surface area contributed by atoms with Crippen LogP contribution in [0.15, 0.2) is 42.5 Å². The monoisotopic (exact) mass is 394 g/mol. The van der Waals surface area contributed by atoms with Gasteiger partial charge >= 0.3 is 12.2 Å². The number of amides is 3. The first kappa shape index (κ1) is 21.2. The molecule has 28 heavy (non-hydrogen) atoms. The average Bonchev–Trinajstić information content (AvgIpc) is 2.60. The second-order valence-electron chi connectivity index (χ2n) is 6.37. The third-order valence-corrected chi connectivity index (χ3v) is 3.65. The topological polar surface area (TPSA) is 96.2 Å². The van der Waals surface area contributed by atoms with Crippen LogP contribution >= 0.6 is 0 Å². The summed E-state index contributed by atoms with van der Waals surface area (Å²) in [6.07, 6.45) is -4.57. The molecule has 6 nitrogen and oxygen atoms in total. The number of urea groups is 1. The number of nitrogens with one attached hydrogen (secondary N) is 3. The van der Waals surface area contributed by atoms with E-state index in [9.17, 15) is 22.8 Å². The summed E-state index contributed by atoms with van der Waals surface area (Å²) < 4.78 is 39.1. The lowest BCUT2D eigenvalue weighted by molar-refractivity contribution is -0.137. The van der Waals surface area contributed by atoms with Gasteiger partial charge in [-0.15, -0.1) is 0 Å². The van der Waals surface area contributed by atoms with Crippen LogP contribution in [0.2, 0.25) is 0 Å². The zero-order chi connectivity index (χ0) is 20.9. The Kier molecular flexibility index (Phi) is 6.63. The molecular weight excluding hydrogens is 373 g/mol. The SMILES string of the molecule is CC(C)NC(=O)Nc1ccccc1C(=O)Nc1cc(CN)cc(C(F)(F)F)c1. The van der Waals surface area contributed by atoms with Crippen molar-refractivity contribution < 1.29 is 22.8 Å². The molecule has 0 aliphatic carbocycles.